The fraction of sp³-hybridized carbons (Fsp3) is 0.750. The first-order valence-electron chi connectivity index (χ1n) is 5.89. The van der Waals surface area contributed by atoms with Gasteiger partial charge in [-0.05, 0) is 19.4 Å². The number of nitrogens with zero attached hydrogens (tertiary/aromatic N) is 1. The SMILES string of the molecule is C=CCN(CCOC)C(=O)CC1CCCN1. The third kappa shape index (κ3) is 4.33. The number of carbonyl (C=O) groups is 1. The van der Waals surface area contributed by atoms with E-state index in [1.54, 1.807) is 18.1 Å². The molecule has 1 N–H and O–H groups in total. The van der Waals surface area contributed by atoms with Gasteiger partial charge in [-0.25, -0.2) is 0 Å². The molecule has 0 aromatic carbocycles. The van der Waals surface area contributed by atoms with Gasteiger partial charge in [0.2, 0.25) is 5.91 Å². The van der Waals surface area contributed by atoms with Crippen molar-refractivity contribution in [1.29, 1.82) is 0 Å². The van der Waals surface area contributed by atoms with E-state index < -0.39 is 0 Å². The van der Waals surface area contributed by atoms with E-state index in [-0.39, 0.29) is 5.91 Å². The van der Waals surface area contributed by atoms with Crippen LogP contribution in [0.3, 0.4) is 0 Å². The van der Waals surface area contributed by atoms with Crippen molar-refractivity contribution in [1.82, 2.24) is 10.2 Å². The van der Waals surface area contributed by atoms with Gasteiger partial charge in [0, 0.05) is 32.7 Å². The zero-order valence-corrected chi connectivity index (χ0v) is 10.1. The van der Waals surface area contributed by atoms with Crippen molar-refractivity contribution in [2.45, 2.75) is 25.3 Å². The Kier molecular flexibility index (Phi) is 6.11. The van der Waals surface area contributed by atoms with E-state index in [1.165, 1.54) is 6.42 Å². The third-order valence-corrected chi connectivity index (χ3v) is 2.85. The van der Waals surface area contributed by atoms with Crippen LogP contribution < -0.4 is 5.32 Å². The van der Waals surface area contributed by atoms with Crippen LogP contribution in [0.2, 0.25) is 0 Å². The highest BCUT2D eigenvalue weighted by Gasteiger charge is 2.20. The second kappa shape index (κ2) is 7.41. The lowest BCUT2D eigenvalue weighted by molar-refractivity contribution is -0.131. The molecule has 1 aliphatic heterocycles. The summed E-state index contributed by atoms with van der Waals surface area (Å²) in [5.74, 6) is 0.191. The average Bonchev–Trinajstić information content (AvgIpc) is 2.76. The molecule has 0 aliphatic carbocycles. The normalized spacial score (nSPS) is 19.7. The number of hydrogen-bond donors (Lipinski definition) is 1. The Balaban J connectivity index is 2.35. The smallest absolute Gasteiger partial charge is 0.224 e. The predicted molar refractivity (Wildman–Crippen MR) is 64.3 cm³/mol. The van der Waals surface area contributed by atoms with Crippen molar-refractivity contribution in [2.24, 2.45) is 0 Å². The zero-order valence-electron chi connectivity index (χ0n) is 10.1. The molecule has 1 aliphatic rings. The Labute approximate surface area is 97.6 Å². The van der Waals surface area contributed by atoms with Crippen LogP contribution in [0.25, 0.3) is 0 Å². The Morgan fingerprint density at radius 2 is 2.50 bits per heavy atom. The van der Waals surface area contributed by atoms with Gasteiger partial charge >= 0.3 is 0 Å². The minimum Gasteiger partial charge on any atom is -0.383 e. The number of hydrogen-bond acceptors (Lipinski definition) is 3. The van der Waals surface area contributed by atoms with E-state index in [4.69, 9.17) is 4.74 Å². The molecule has 0 spiro atoms. The third-order valence-electron chi connectivity index (χ3n) is 2.85. The van der Waals surface area contributed by atoms with E-state index in [2.05, 4.69) is 11.9 Å². The summed E-state index contributed by atoms with van der Waals surface area (Å²) in [6, 6.07) is 0.363. The minimum atomic E-state index is 0.191. The fourth-order valence-corrected chi connectivity index (χ4v) is 1.95. The van der Waals surface area contributed by atoms with Gasteiger partial charge in [0.1, 0.15) is 0 Å². The molecule has 1 heterocycles. The maximum atomic E-state index is 12.0. The van der Waals surface area contributed by atoms with Gasteiger partial charge in [0.15, 0.2) is 0 Å². The summed E-state index contributed by atoms with van der Waals surface area (Å²) in [5, 5.41) is 3.34. The molecule has 0 aromatic rings. The summed E-state index contributed by atoms with van der Waals surface area (Å²) >= 11 is 0. The van der Waals surface area contributed by atoms with Gasteiger partial charge in [-0.15, -0.1) is 6.58 Å². The van der Waals surface area contributed by atoms with E-state index >= 15 is 0 Å². The molecule has 0 saturated carbocycles. The van der Waals surface area contributed by atoms with E-state index in [0.717, 1.165) is 13.0 Å². The zero-order chi connectivity index (χ0) is 11.8. The summed E-state index contributed by atoms with van der Waals surface area (Å²) in [5.41, 5.74) is 0. The highest BCUT2D eigenvalue weighted by molar-refractivity contribution is 5.77. The maximum Gasteiger partial charge on any atom is 0.224 e. The van der Waals surface area contributed by atoms with E-state index in [1.807, 2.05) is 0 Å². The predicted octanol–water partition coefficient (Wildman–Crippen LogP) is 0.789. The van der Waals surface area contributed by atoms with Crippen LogP contribution in [-0.2, 0) is 9.53 Å². The standard InChI is InChI=1S/C12H22N2O2/c1-3-7-14(8-9-16-2)12(15)10-11-5-4-6-13-11/h3,11,13H,1,4-10H2,2H3. The first kappa shape index (κ1) is 13.2. The van der Waals surface area contributed by atoms with Crippen molar-refractivity contribution < 1.29 is 9.53 Å². The van der Waals surface area contributed by atoms with Gasteiger partial charge in [0.25, 0.3) is 0 Å². The largest absolute Gasteiger partial charge is 0.383 e. The number of methoxy groups -OCH3 is 1. The lowest BCUT2D eigenvalue weighted by Crippen LogP contribution is -2.37. The van der Waals surface area contributed by atoms with E-state index in [0.29, 0.717) is 32.2 Å². The molecule has 0 aromatic heterocycles. The molecule has 1 atom stereocenters. The van der Waals surface area contributed by atoms with Crippen molar-refractivity contribution in [3.8, 4) is 0 Å². The van der Waals surface area contributed by atoms with Crippen LogP contribution >= 0.6 is 0 Å². The maximum absolute atomic E-state index is 12.0. The Bertz CT molecular complexity index is 225. The number of carbonyl (C=O) groups excluding carboxylic acids is 1. The Morgan fingerprint density at radius 3 is 3.06 bits per heavy atom. The summed E-state index contributed by atoms with van der Waals surface area (Å²) in [6.07, 6.45) is 4.64. The highest BCUT2D eigenvalue weighted by Crippen LogP contribution is 2.10. The molecule has 92 valence electrons. The summed E-state index contributed by atoms with van der Waals surface area (Å²) in [6.45, 7) is 6.55. The van der Waals surface area contributed by atoms with Crippen molar-refractivity contribution in [3.05, 3.63) is 12.7 Å². The number of ether oxygens (including phenoxy) is 1. The molecule has 1 unspecified atom stereocenters. The van der Waals surface area contributed by atoms with Gasteiger partial charge < -0.3 is 15.0 Å². The molecular weight excluding hydrogens is 204 g/mol. The quantitative estimate of drug-likeness (QED) is 0.653. The molecular formula is C12H22N2O2. The first-order chi connectivity index (χ1) is 7.77. The van der Waals surface area contributed by atoms with Crippen LogP contribution in [0.1, 0.15) is 19.3 Å². The van der Waals surface area contributed by atoms with Gasteiger partial charge in [-0.1, -0.05) is 6.08 Å². The molecule has 16 heavy (non-hydrogen) atoms. The lowest BCUT2D eigenvalue weighted by atomic mass is 10.1. The Morgan fingerprint density at radius 1 is 1.69 bits per heavy atom. The molecule has 0 bridgehead atoms. The van der Waals surface area contributed by atoms with Crippen LogP contribution in [0.15, 0.2) is 12.7 Å². The van der Waals surface area contributed by atoms with Gasteiger partial charge in [-0.3, -0.25) is 4.79 Å². The van der Waals surface area contributed by atoms with Crippen LogP contribution in [0, 0.1) is 0 Å². The minimum absolute atomic E-state index is 0.191. The van der Waals surface area contributed by atoms with Crippen molar-refractivity contribution in [3.63, 3.8) is 0 Å². The summed E-state index contributed by atoms with van der Waals surface area (Å²) < 4.78 is 4.99. The number of rotatable bonds is 7. The van der Waals surface area contributed by atoms with Gasteiger partial charge in [0.05, 0.1) is 6.61 Å². The number of nitrogens with one attached hydrogen (secondary N) is 1. The lowest BCUT2D eigenvalue weighted by Gasteiger charge is -2.22. The van der Waals surface area contributed by atoms with Gasteiger partial charge in [-0.2, -0.15) is 0 Å². The second-order valence-corrected chi connectivity index (χ2v) is 4.12. The van der Waals surface area contributed by atoms with Crippen LogP contribution in [0.4, 0.5) is 0 Å². The molecule has 1 amide bonds. The molecule has 4 nitrogen and oxygen atoms in total. The van der Waals surface area contributed by atoms with Crippen molar-refractivity contribution >= 4 is 5.91 Å². The average molecular weight is 226 g/mol. The topological polar surface area (TPSA) is 41.6 Å². The summed E-state index contributed by atoms with van der Waals surface area (Å²) in [4.78, 5) is 13.8. The molecule has 4 heteroatoms. The first-order valence-corrected chi connectivity index (χ1v) is 5.89. The Hall–Kier alpha value is -0.870. The highest BCUT2D eigenvalue weighted by atomic mass is 16.5. The summed E-state index contributed by atoms with van der Waals surface area (Å²) in [7, 11) is 1.65. The van der Waals surface area contributed by atoms with Crippen LogP contribution in [0.5, 0.6) is 0 Å². The monoisotopic (exact) mass is 226 g/mol. The second-order valence-electron chi connectivity index (χ2n) is 4.12. The fourth-order valence-electron chi connectivity index (χ4n) is 1.95. The molecule has 1 saturated heterocycles. The van der Waals surface area contributed by atoms with Crippen molar-refractivity contribution in [2.75, 3.05) is 33.4 Å². The molecule has 1 rings (SSSR count). The van der Waals surface area contributed by atoms with E-state index in [9.17, 15) is 4.79 Å². The number of amides is 1. The molecule has 1 fully saturated rings. The molecule has 0 radical (unpaired) electrons. The van der Waals surface area contributed by atoms with Crippen LogP contribution in [-0.4, -0.2) is 50.2 Å².